The van der Waals surface area contributed by atoms with Crippen LogP contribution in [0.3, 0.4) is 0 Å². The van der Waals surface area contributed by atoms with E-state index in [-0.39, 0.29) is 6.09 Å². The number of hydrogen-bond donors (Lipinski definition) is 1. The fourth-order valence-electron chi connectivity index (χ4n) is 3.25. The van der Waals surface area contributed by atoms with E-state index in [0.717, 1.165) is 11.8 Å². The van der Waals surface area contributed by atoms with Crippen molar-refractivity contribution in [1.82, 2.24) is 10.4 Å². The molecule has 2 saturated carbocycles. The Balaban J connectivity index is 1.75. The molecule has 0 aromatic carbocycles. The van der Waals surface area contributed by atoms with E-state index in [0.29, 0.717) is 12.1 Å². The molecule has 1 heterocycles. The van der Waals surface area contributed by atoms with Gasteiger partial charge in [-0.15, -0.1) is 0 Å². The second-order valence-electron chi connectivity index (χ2n) is 4.32. The predicted molar refractivity (Wildman–Crippen MR) is 45.8 cm³/mol. The van der Waals surface area contributed by atoms with Gasteiger partial charge < -0.3 is 4.74 Å². The van der Waals surface area contributed by atoms with Crippen molar-refractivity contribution in [1.29, 1.82) is 0 Å². The van der Waals surface area contributed by atoms with Crippen molar-refractivity contribution < 1.29 is 9.53 Å². The molecule has 0 aromatic heterocycles. The minimum atomic E-state index is -0.228. The zero-order valence-electron chi connectivity index (χ0n) is 7.69. The summed E-state index contributed by atoms with van der Waals surface area (Å²) in [6, 6.07) is 1.00. The van der Waals surface area contributed by atoms with Gasteiger partial charge in [0.25, 0.3) is 0 Å². The smallest absolute Gasteiger partial charge is 0.424 e. The van der Waals surface area contributed by atoms with Gasteiger partial charge in [0.2, 0.25) is 0 Å². The van der Waals surface area contributed by atoms with Crippen LogP contribution >= 0.6 is 0 Å². The van der Waals surface area contributed by atoms with Crippen molar-refractivity contribution in [3.05, 3.63) is 0 Å². The standard InChI is InChI=1S/C9H14N2O2/c1-13-9(12)11-8-6-3-2-5(4-6)7(8)10-11/h5-8,10H,2-4H2,1H3/t5-,6-,7-,8+/m0/s1. The minimum Gasteiger partial charge on any atom is -0.452 e. The van der Waals surface area contributed by atoms with Crippen LogP contribution in [0.4, 0.5) is 4.79 Å². The van der Waals surface area contributed by atoms with Gasteiger partial charge >= 0.3 is 6.09 Å². The molecule has 3 fully saturated rings. The third kappa shape index (κ3) is 0.817. The number of carbonyl (C=O) groups excluding carboxylic acids is 1. The van der Waals surface area contributed by atoms with E-state index in [1.807, 2.05) is 0 Å². The van der Waals surface area contributed by atoms with Crippen molar-refractivity contribution in [3.63, 3.8) is 0 Å². The number of rotatable bonds is 0. The molecule has 1 N–H and O–H groups in total. The van der Waals surface area contributed by atoms with Crippen LogP contribution in [0.15, 0.2) is 0 Å². The summed E-state index contributed by atoms with van der Waals surface area (Å²) in [6.07, 6.45) is 3.71. The Morgan fingerprint density at radius 3 is 2.92 bits per heavy atom. The van der Waals surface area contributed by atoms with E-state index in [2.05, 4.69) is 5.43 Å². The summed E-state index contributed by atoms with van der Waals surface area (Å²) in [5.74, 6) is 1.55. The Kier molecular flexibility index (Phi) is 1.39. The molecule has 0 unspecified atom stereocenters. The third-order valence-electron chi connectivity index (χ3n) is 3.83. The second-order valence-corrected chi connectivity index (χ2v) is 4.32. The Labute approximate surface area is 77.2 Å². The molecule has 1 amide bonds. The fraction of sp³-hybridized carbons (Fsp3) is 0.889. The quantitative estimate of drug-likeness (QED) is 0.600. The fourth-order valence-corrected chi connectivity index (χ4v) is 3.25. The monoisotopic (exact) mass is 182 g/mol. The molecule has 4 atom stereocenters. The Bertz CT molecular complexity index is 254. The van der Waals surface area contributed by atoms with Gasteiger partial charge in [0.05, 0.1) is 19.2 Å². The lowest BCUT2D eigenvalue weighted by atomic mass is 9.87. The van der Waals surface area contributed by atoms with Gasteiger partial charge in [-0.05, 0) is 31.1 Å². The van der Waals surface area contributed by atoms with Gasteiger partial charge in [0.15, 0.2) is 0 Å². The van der Waals surface area contributed by atoms with Crippen LogP contribution in [0.25, 0.3) is 0 Å². The molecule has 4 nitrogen and oxygen atoms in total. The number of fused-ring (bicyclic) bond motifs is 5. The van der Waals surface area contributed by atoms with E-state index in [9.17, 15) is 4.79 Å². The first-order valence-corrected chi connectivity index (χ1v) is 4.94. The van der Waals surface area contributed by atoms with Crippen LogP contribution in [0, 0.1) is 11.8 Å². The Morgan fingerprint density at radius 2 is 2.23 bits per heavy atom. The molecule has 1 aliphatic heterocycles. The van der Waals surface area contributed by atoms with Crippen molar-refractivity contribution >= 4 is 6.09 Å². The highest BCUT2D eigenvalue weighted by molar-refractivity contribution is 5.68. The van der Waals surface area contributed by atoms with Gasteiger partial charge in [0.1, 0.15) is 0 Å². The summed E-state index contributed by atoms with van der Waals surface area (Å²) in [4.78, 5) is 11.3. The first-order valence-electron chi connectivity index (χ1n) is 4.94. The van der Waals surface area contributed by atoms with Crippen molar-refractivity contribution in [2.24, 2.45) is 11.8 Å². The lowest BCUT2D eigenvalue weighted by Crippen LogP contribution is -2.72. The van der Waals surface area contributed by atoms with Crippen LogP contribution in [-0.4, -0.2) is 30.3 Å². The van der Waals surface area contributed by atoms with Crippen LogP contribution < -0.4 is 5.43 Å². The Morgan fingerprint density at radius 1 is 1.46 bits per heavy atom. The maximum absolute atomic E-state index is 11.3. The highest BCUT2D eigenvalue weighted by atomic mass is 16.5. The number of hydrazine groups is 1. The number of ether oxygens (including phenoxy) is 1. The van der Waals surface area contributed by atoms with E-state index < -0.39 is 0 Å². The molecule has 3 aliphatic rings. The second kappa shape index (κ2) is 2.38. The summed E-state index contributed by atoms with van der Waals surface area (Å²) in [7, 11) is 1.44. The highest BCUT2D eigenvalue weighted by Crippen LogP contribution is 2.50. The summed E-state index contributed by atoms with van der Waals surface area (Å²) in [5, 5.41) is 1.68. The third-order valence-corrected chi connectivity index (χ3v) is 3.83. The van der Waals surface area contributed by atoms with Gasteiger partial charge in [-0.3, -0.25) is 0 Å². The molecule has 3 rings (SSSR count). The maximum Gasteiger partial charge on any atom is 0.424 e. The summed E-state index contributed by atoms with van der Waals surface area (Å²) in [5.41, 5.74) is 3.18. The van der Waals surface area contributed by atoms with E-state index in [1.54, 1.807) is 5.01 Å². The zero-order valence-corrected chi connectivity index (χ0v) is 7.69. The van der Waals surface area contributed by atoms with Gasteiger partial charge in [-0.2, -0.15) is 0 Å². The average molecular weight is 182 g/mol. The topological polar surface area (TPSA) is 41.6 Å². The molecular formula is C9H14N2O2. The highest BCUT2D eigenvalue weighted by Gasteiger charge is 2.58. The first kappa shape index (κ1) is 7.62. The van der Waals surface area contributed by atoms with Gasteiger partial charge in [-0.1, -0.05) is 0 Å². The molecule has 2 bridgehead atoms. The van der Waals surface area contributed by atoms with Crippen molar-refractivity contribution in [3.8, 4) is 0 Å². The number of nitrogens with zero attached hydrogens (tertiary/aromatic N) is 1. The number of nitrogens with one attached hydrogen (secondary N) is 1. The maximum atomic E-state index is 11.3. The molecule has 0 radical (unpaired) electrons. The number of hydrogen-bond acceptors (Lipinski definition) is 3. The van der Waals surface area contributed by atoms with Gasteiger partial charge in [0, 0.05) is 0 Å². The molecule has 0 spiro atoms. The average Bonchev–Trinajstić information content (AvgIpc) is 2.59. The molecular weight excluding hydrogens is 168 g/mol. The molecule has 1 saturated heterocycles. The number of amides is 1. The lowest BCUT2D eigenvalue weighted by molar-refractivity contribution is -0.0455. The SMILES string of the molecule is COC(=O)N1N[C@H]2[C@H]3CC[C@@H](C3)[C@H]21. The number of methoxy groups -OCH3 is 1. The molecule has 4 heteroatoms. The summed E-state index contributed by atoms with van der Waals surface area (Å²) < 4.78 is 4.69. The Hall–Kier alpha value is -0.770. The van der Waals surface area contributed by atoms with E-state index in [4.69, 9.17) is 4.74 Å². The molecule has 13 heavy (non-hydrogen) atoms. The lowest BCUT2D eigenvalue weighted by Gasteiger charge is -2.49. The molecule has 0 aromatic rings. The first-order chi connectivity index (χ1) is 6.31. The van der Waals surface area contributed by atoms with Crippen LogP contribution in [0.2, 0.25) is 0 Å². The molecule has 2 aliphatic carbocycles. The van der Waals surface area contributed by atoms with Crippen LogP contribution in [0.1, 0.15) is 19.3 Å². The van der Waals surface area contributed by atoms with Crippen molar-refractivity contribution in [2.75, 3.05) is 7.11 Å². The van der Waals surface area contributed by atoms with Crippen LogP contribution in [-0.2, 0) is 4.74 Å². The zero-order chi connectivity index (χ0) is 9.00. The normalized spacial score (nSPS) is 45.8. The minimum absolute atomic E-state index is 0.228. The predicted octanol–water partition coefficient (Wildman–Crippen LogP) is 0.740. The molecule has 72 valence electrons. The van der Waals surface area contributed by atoms with E-state index in [1.165, 1.54) is 26.4 Å². The summed E-state index contributed by atoms with van der Waals surface area (Å²) in [6.45, 7) is 0. The van der Waals surface area contributed by atoms with E-state index >= 15 is 0 Å². The van der Waals surface area contributed by atoms with Crippen molar-refractivity contribution in [2.45, 2.75) is 31.3 Å². The van der Waals surface area contributed by atoms with Crippen LogP contribution in [0.5, 0.6) is 0 Å². The van der Waals surface area contributed by atoms with Gasteiger partial charge in [-0.25, -0.2) is 15.2 Å². The number of carbonyl (C=O) groups is 1. The largest absolute Gasteiger partial charge is 0.452 e. The summed E-state index contributed by atoms with van der Waals surface area (Å²) >= 11 is 0.